The van der Waals surface area contributed by atoms with E-state index in [1.807, 2.05) is 48.1 Å². The van der Waals surface area contributed by atoms with Gasteiger partial charge in [-0.3, -0.25) is 9.20 Å². The molecule has 0 N–H and O–H groups in total. The third kappa shape index (κ3) is 3.77. The summed E-state index contributed by atoms with van der Waals surface area (Å²) in [5.74, 6) is 0.660. The molecule has 0 radical (unpaired) electrons. The number of unbranched alkanes of at least 4 members (excludes halogenated alkanes) is 2. The van der Waals surface area contributed by atoms with Crippen molar-refractivity contribution in [1.29, 1.82) is 0 Å². The fourth-order valence-electron chi connectivity index (χ4n) is 3.85. The molecule has 0 fully saturated rings. The van der Waals surface area contributed by atoms with Crippen LogP contribution in [-0.4, -0.2) is 18.9 Å². The lowest BCUT2D eigenvalue weighted by Gasteiger charge is -2.15. The third-order valence-corrected chi connectivity index (χ3v) is 6.51. The van der Waals surface area contributed by atoms with Crippen molar-refractivity contribution in [2.75, 3.05) is 0 Å². The molecule has 31 heavy (non-hydrogen) atoms. The lowest BCUT2D eigenvalue weighted by atomic mass is 10.1. The molecule has 0 unspecified atom stereocenters. The minimum absolute atomic E-state index is 0.0890. The molecule has 3 heterocycles. The summed E-state index contributed by atoms with van der Waals surface area (Å²) >= 11 is 7.64. The number of aryl methyl sites for hydroxylation is 1. The first-order valence-electron chi connectivity index (χ1n) is 10.4. The zero-order chi connectivity index (χ0) is 21.4. The highest BCUT2D eigenvalue weighted by atomic mass is 35.5. The van der Waals surface area contributed by atoms with Crippen LogP contribution in [0.3, 0.4) is 0 Å². The van der Waals surface area contributed by atoms with Crippen molar-refractivity contribution in [1.82, 2.24) is 18.9 Å². The molecular weight excluding hydrogens is 428 g/mol. The van der Waals surface area contributed by atoms with Crippen LogP contribution >= 0.6 is 22.9 Å². The molecule has 5 rings (SSSR count). The fourth-order valence-corrected chi connectivity index (χ4v) is 4.69. The first-order chi connectivity index (χ1) is 15.1. The highest BCUT2D eigenvalue weighted by Gasteiger charge is 2.15. The van der Waals surface area contributed by atoms with Gasteiger partial charge >= 0.3 is 0 Å². The van der Waals surface area contributed by atoms with Crippen LogP contribution in [0.1, 0.15) is 26.2 Å². The Labute approximate surface area is 188 Å². The maximum atomic E-state index is 13.0. The number of imidazole rings is 1. The van der Waals surface area contributed by atoms with Crippen LogP contribution in [-0.2, 0) is 6.54 Å². The van der Waals surface area contributed by atoms with Crippen molar-refractivity contribution in [3.63, 3.8) is 0 Å². The maximum Gasteiger partial charge on any atom is 0.259 e. The summed E-state index contributed by atoms with van der Waals surface area (Å²) in [7, 11) is 0. The van der Waals surface area contributed by atoms with Crippen molar-refractivity contribution >= 4 is 38.9 Å². The molecule has 5 nitrogen and oxygen atoms in total. The molecule has 0 atom stereocenters. The maximum absolute atomic E-state index is 13.0. The molecule has 0 aliphatic heterocycles. The number of fused-ring (bicyclic) bond motifs is 2. The van der Waals surface area contributed by atoms with Gasteiger partial charge in [-0.25, -0.2) is 9.97 Å². The Hall–Kier alpha value is -2.96. The van der Waals surface area contributed by atoms with Gasteiger partial charge in [0.2, 0.25) is 5.78 Å². The summed E-state index contributed by atoms with van der Waals surface area (Å²) in [5.41, 5.74) is 6.31. The summed E-state index contributed by atoms with van der Waals surface area (Å²) in [6.07, 6.45) is 5.08. The Balaban J connectivity index is 1.71. The van der Waals surface area contributed by atoms with E-state index < -0.39 is 0 Å². The van der Waals surface area contributed by atoms with Gasteiger partial charge in [0.1, 0.15) is 0 Å². The first kappa shape index (κ1) is 20.0. The largest absolute Gasteiger partial charge is 0.311 e. The second kappa shape index (κ2) is 8.29. The first-order valence-corrected chi connectivity index (χ1v) is 11.6. The minimum Gasteiger partial charge on any atom is -0.311 e. The van der Waals surface area contributed by atoms with Gasteiger partial charge in [0.15, 0.2) is 0 Å². The lowest BCUT2D eigenvalue weighted by Crippen LogP contribution is -2.18. The van der Waals surface area contributed by atoms with Gasteiger partial charge in [-0.15, -0.1) is 11.3 Å². The second-order valence-corrected chi connectivity index (χ2v) is 8.89. The highest BCUT2D eigenvalue weighted by Crippen LogP contribution is 2.28. The zero-order valence-corrected chi connectivity index (χ0v) is 18.7. The number of nitrogens with zero attached hydrogens (tertiary/aromatic N) is 4. The van der Waals surface area contributed by atoms with Gasteiger partial charge in [-0.1, -0.05) is 49.6 Å². The molecule has 0 saturated heterocycles. The number of hydrogen-bond donors (Lipinski definition) is 0. The van der Waals surface area contributed by atoms with E-state index in [9.17, 15) is 4.79 Å². The van der Waals surface area contributed by atoms with Gasteiger partial charge < -0.3 is 4.57 Å². The smallest absolute Gasteiger partial charge is 0.259 e. The average molecular weight is 449 g/mol. The van der Waals surface area contributed by atoms with Gasteiger partial charge in [-0.05, 0) is 36.2 Å². The van der Waals surface area contributed by atoms with E-state index in [0.29, 0.717) is 10.8 Å². The Bertz CT molecular complexity index is 1430. The van der Waals surface area contributed by atoms with E-state index in [2.05, 4.69) is 22.5 Å². The van der Waals surface area contributed by atoms with Gasteiger partial charge in [0.25, 0.3) is 5.56 Å². The number of benzene rings is 2. The van der Waals surface area contributed by atoms with Gasteiger partial charge in [-0.2, -0.15) is 0 Å². The molecule has 0 aliphatic carbocycles. The number of halogens is 1. The second-order valence-electron chi connectivity index (χ2n) is 7.56. The molecular formula is C24H21ClN4OS. The van der Waals surface area contributed by atoms with E-state index in [-0.39, 0.29) is 5.56 Å². The SMILES string of the molecule is CCCCCn1c(-c2ccc3ncsc3c2)cc(=O)n2cc(-c3ccc(Cl)cc3)nc12. The Morgan fingerprint density at radius 2 is 1.84 bits per heavy atom. The van der Waals surface area contributed by atoms with E-state index in [0.717, 1.165) is 58.5 Å². The summed E-state index contributed by atoms with van der Waals surface area (Å²) in [6.45, 7) is 2.98. The van der Waals surface area contributed by atoms with Crippen molar-refractivity contribution < 1.29 is 0 Å². The lowest BCUT2D eigenvalue weighted by molar-refractivity contribution is 0.606. The molecule has 0 aliphatic rings. The van der Waals surface area contributed by atoms with E-state index in [1.54, 1.807) is 21.8 Å². The van der Waals surface area contributed by atoms with E-state index in [4.69, 9.17) is 16.6 Å². The van der Waals surface area contributed by atoms with E-state index in [1.165, 1.54) is 0 Å². The monoisotopic (exact) mass is 448 g/mol. The van der Waals surface area contributed by atoms with Crippen molar-refractivity contribution in [2.45, 2.75) is 32.7 Å². The fraction of sp³-hybridized carbons (Fsp3) is 0.208. The molecule has 0 saturated carbocycles. The van der Waals surface area contributed by atoms with Crippen LogP contribution < -0.4 is 5.56 Å². The summed E-state index contributed by atoms with van der Waals surface area (Å²) in [4.78, 5) is 22.3. The van der Waals surface area contributed by atoms with Crippen molar-refractivity contribution in [2.24, 2.45) is 0 Å². The molecule has 5 aromatic rings. The molecule has 3 aromatic heterocycles. The average Bonchev–Trinajstić information content (AvgIpc) is 3.43. The predicted molar refractivity (Wildman–Crippen MR) is 128 cm³/mol. The molecule has 156 valence electrons. The Morgan fingerprint density at radius 3 is 2.65 bits per heavy atom. The highest BCUT2D eigenvalue weighted by molar-refractivity contribution is 7.16. The Kier molecular flexibility index (Phi) is 5.34. The van der Waals surface area contributed by atoms with E-state index >= 15 is 0 Å². The number of thiazole rings is 1. The molecule has 0 spiro atoms. The topological polar surface area (TPSA) is 52.2 Å². The quantitative estimate of drug-likeness (QED) is 0.287. The summed E-state index contributed by atoms with van der Waals surface area (Å²) < 4.78 is 4.92. The van der Waals surface area contributed by atoms with Crippen LogP contribution in [0.2, 0.25) is 5.02 Å². The van der Waals surface area contributed by atoms with Crippen LogP contribution in [0.4, 0.5) is 0 Å². The summed E-state index contributed by atoms with van der Waals surface area (Å²) in [6, 6.07) is 15.4. The molecule has 0 bridgehead atoms. The van der Waals surface area contributed by atoms with Crippen molar-refractivity contribution in [3.05, 3.63) is 75.6 Å². The normalized spacial score (nSPS) is 11.5. The van der Waals surface area contributed by atoms with Crippen LogP contribution in [0.5, 0.6) is 0 Å². The van der Waals surface area contributed by atoms with Crippen LogP contribution in [0, 0.1) is 0 Å². The standard InChI is InChI=1S/C24H21ClN4OS/c1-2-3-4-11-28-21(17-7-10-19-22(12-17)31-15-26-19)13-23(30)29-14-20(27-24(28)29)16-5-8-18(25)9-6-16/h5-10,12-15H,2-4,11H2,1H3. The summed E-state index contributed by atoms with van der Waals surface area (Å²) in [5, 5.41) is 0.674. The predicted octanol–water partition coefficient (Wildman–Crippen LogP) is 6.28. The molecule has 0 amide bonds. The molecule has 2 aromatic carbocycles. The zero-order valence-electron chi connectivity index (χ0n) is 17.1. The van der Waals surface area contributed by atoms with Gasteiger partial charge in [0.05, 0.1) is 27.1 Å². The minimum atomic E-state index is -0.0890. The number of hydrogen-bond acceptors (Lipinski definition) is 4. The number of aromatic nitrogens is 4. The van der Waals surface area contributed by atoms with Crippen molar-refractivity contribution in [3.8, 4) is 22.5 Å². The third-order valence-electron chi connectivity index (χ3n) is 5.47. The van der Waals surface area contributed by atoms with Gasteiger partial charge in [0, 0.05) is 29.4 Å². The van der Waals surface area contributed by atoms with Crippen LogP contribution in [0.25, 0.3) is 38.5 Å². The number of rotatable bonds is 6. The van der Waals surface area contributed by atoms with Crippen LogP contribution in [0.15, 0.2) is 65.0 Å². The Morgan fingerprint density at radius 1 is 1.03 bits per heavy atom. The molecule has 7 heteroatoms.